The minimum atomic E-state index is 0.222. The van der Waals surface area contributed by atoms with Crippen LogP contribution in [0.5, 0.6) is 0 Å². The molecule has 1 aliphatic rings. The van der Waals surface area contributed by atoms with E-state index in [4.69, 9.17) is 4.74 Å². The van der Waals surface area contributed by atoms with Crippen molar-refractivity contribution in [1.29, 1.82) is 0 Å². The van der Waals surface area contributed by atoms with Gasteiger partial charge in [-0.2, -0.15) is 0 Å². The third kappa shape index (κ3) is 3.32. The fourth-order valence-corrected chi connectivity index (χ4v) is 3.49. The Kier molecular flexibility index (Phi) is 4.54. The minimum absolute atomic E-state index is 0.222. The van der Waals surface area contributed by atoms with Crippen molar-refractivity contribution in [3.63, 3.8) is 0 Å². The van der Waals surface area contributed by atoms with Crippen LogP contribution in [0.1, 0.15) is 23.7 Å². The molecule has 4 rings (SSSR count). The third-order valence-corrected chi connectivity index (χ3v) is 4.75. The van der Waals surface area contributed by atoms with Gasteiger partial charge in [0.1, 0.15) is 0 Å². The molecular weight excluding hydrogens is 296 g/mol. The predicted octanol–water partition coefficient (Wildman–Crippen LogP) is 4.10. The highest BCUT2D eigenvalue weighted by atomic mass is 16.5. The van der Waals surface area contributed by atoms with E-state index in [2.05, 4.69) is 64.9 Å². The number of hydrogen-bond donors (Lipinski definition) is 1. The molecule has 2 heterocycles. The Morgan fingerprint density at radius 1 is 1.04 bits per heavy atom. The Labute approximate surface area is 142 Å². The highest BCUT2D eigenvalue weighted by molar-refractivity contribution is 5.78. The van der Waals surface area contributed by atoms with E-state index in [0.29, 0.717) is 5.92 Å². The lowest BCUT2D eigenvalue weighted by atomic mass is 9.95. The van der Waals surface area contributed by atoms with Crippen LogP contribution in [0.15, 0.2) is 66.9 Å². The van der Waals surface area contributed by atoms with Gasteiger partial charge in [0, 0.05) is 37.2 Å². The van der Waals surface area contributed by atoms with Gasteiger partial charge >= 0.3 is 0 Å². The second-order valence-corrected chi connectivity index (χ2v) is 6.41. The molecule has 1 saturated heterocycles. The summed E-state index contributed by atoms with van der Waals surface area (Å²) in [7, 11) is 0. The summed E-state index contributed by atoms with van der Waals surface area (Å²) in [5, 5.41) is 4.81. The van der Waals surface area contributed by atoms with Crippen molar-refractivity contribution in [2.75, 3.05) is 13.2 Å². The van der Waals surface area contributed by atoms with Crippen LogP contribution in [0.2, 0.25) is 0 Å². The van der Waals surface area contributed by atoms with Gasteiger partial charge in [0.2, 0.25) is 0 Å². The maximum atomic E-state index is 5.96. The van der Waals surface area contributed by atoms with E-state index < -0.39 is 0 Å². The van der Waals surface area contributed by atoms with Crippen molar-refractivity contribution >= 4 is 10.9 Å². The summed E-state index contributed by atoms with van der Waals surface area (Å²) in [6.07, 6.45) is 3.18. The van der Waals surface area contributed by atoms with Crippen molar-refractivity contribution in [2.24, 2.45) is 5.92 Å². The maximum Gasteiger partial charge on any atom is 0.0866 e. The lowest BCUT2D eigenvalue weighted by Gasteiger charge is -2.19. The number of nitrogens with one attached hydrogen (secondary N) is 1. The molecule has 0 radical (unpaired) electrons. The van der Waals surface area contributed by atoms with Crippen LogP contribution in [0.3, 0.4) is 0 Å². The minimum Gasteiger partial charge on any atom is -0.373 e. The standard InChI is InChI=1S/C21H22N2O/c1-2-5-17(6-3-1)21-19(10-12-24-21)15-22-14-16-8-9-20-18(13-16)7-4-11-23-20/h1-9,11,13,19,21-22H,10,12,14-15H2/t19-,21-/m1/s1. The van der Waals surface area contributed by atoms with Crippen molar-refractivity contribution < 1.29 is 4.74 Å². The van der Waals surface area contributed by atoms with Crippen LogP contribution >= 0.6 is 0 Å². The molecule has 2 atom stereocenters. The Morgan fingerprint density at radius 2 is 1.96 bits per heavy atom. The van der Waals surface area contributed by atoms with Crippen LogP contribution in [0, 0.1) is 5.92 Å². The van der Waals surface area contributed by atoms with E-state index in [0.717, 1.165) is 31.6 Å². The topological polar surface area (TPSA) is 34.1 Å². The van der Waals surface area contributed by atoms with Crippen LogP contribution in [0.4, 0.5) is 0 Å². The predicted molar refractivity (Wildman–Crippen MR) is 96.7 cm³/mol. The Hall–Kier alpha value is -2.23. The quantitative estimate of drug-likeness (QED) is 0.769. The summed E-state index contributed by atoms with van der Waals surface area (Å²) < 4.78 is 5.96. The average Bonchev–Trinajstić information content (AvgIpc) is 3.11. The number of nitrogens with zero attached hydrogens (tertiary/aromatic N) is 1. The SMILES string of the molecule is c1ccc([C@H]2OCC[C@@H]2CNCc2ccc3ncccc3c2)cc1. The van der Waals surface area contributed by atoms with Gasteiger partial charge in [-0.3, -0.25) is 4.98 Å². The molecule has 0 aliphatic carbocycles. The zero-order valence-electron chi connectivity index (χ0n) is 13.7. The summed E-state index contributed by atoms with van der Waals surface area (Å²) in [6.45, 7) is 2.71. The lowest BCUT2D eigenvalue weighted by molar-refractivity contribution is 0.0904. The molecule has 3 heteroatoms. The summed E-state index contributed by atoms with van der Waals surface area (Å²) in [5.41, 5.74) is 3.64. The molecule has 3 nitrogen and oxygen atoms in total. The number of hydrogen-bond acceptors (Lipinski definition) is 3. The summed E-state index contributed by atoms with van der Waals surface area (Å²) in [6, 6.07) is 21.1. The van der Waals surface area contributed by atoms with Gasteiger partial charge in [0.15, 0.2) is 0 Å². The monoisotopic (exact) mass is 318 g/mol. The van der Waals surface area contributed by atoms with E-state index >= 15 is 0 Å². The molecule has 3 aromatic rings. The van der Waals surface area contributed by atoms with E-state index in [1.165, 1.54) is 16.5 Å². The van der Waals surface area contributed by atoms with Crippen LogP contribution < -0.4 is 5.32 Å². The largest absolute Gasteiger partial charge is 0.373 e. The number of benzene rings is 2. The zero-order chi connectivity index (χ0) is 16.2. The molecule has 24 heavy (non-hydrogen) atoms. The molecule has 122 valence electrons. The number of ether oxygens (including phenoxy) is 1. The first-order valence-electron chi connectivity index (χ1n) is 8.61. The number of pyridine rings is 1. The summed E-state index contributed by atoms with van der Waals surface area (Å²) in [5.74, 6) is 0.537. The van der Waals surface area contributed by atoms with Gasteiger partial charge < -0.3 is 10.1 Å². The summed E-state index contributed by atoms with van der Waals surface area (Å²) >= 11 is 0. The fourth-order valence-electron chi connectivity index (χ4n) is 3.49. The second kappa shape index (κ2) is 7.12. The Bertz CT molecular complexity index is 803. The molecule has 0 spiro atoms. The van der Waals surface area contributed by atoms with Gasteiger partial charge in [-0.15, -0.1) is 0 Å². The molecule has 2 aromatic carbocycles. The van der Waals surface area contributed by atoms with Gasteiger partial charge in [-0.25, -0.2) is 0 Å². The van der Waals surface area contributed by atoms with E-state index in [1.807, 2.05) is 12.3 Å². The van der Waals surface area contributed by atoms with Crippen LogP contribution in [0.25, 0.3) is 10.9 Å². The maximum absolute atomic E-state index is 5.96. The van der Waals surface area contributed by atoms with Crippen molar-refractivity contribution in [2.45, 2.75) is 19.1 Å². The number of fused-ring (bicyclic) bond motifs is 1. The molecule has 1 N–H and O–H groups in total. The molecule has 1 aliphatic heterocycles. The van der Waals surface area contributed by atoms with E-state index in [9.17, 15) is 0 Å². The first kappa shape index (κ1) is 15.3. The fraction of sp³-hybridized carbons (Fsp3) is 0.286. The first-order valence-corrected chi connectivity index (χ1v) is 8.61. The number of aromatic nitrogens is 1. The zero-order valence-corrected chi connectivity index (χ0v) is 13.7. The third-order valence-electron chi connectivity index (χ3n) is 4.75. The Morgan fingerprint density at radius 3 is 2.88 bits per heavy atom. The van der Waals surface area contributed by atoms with E-state index in [-0.39, 0.29) is 6.10 Å². The molecule has 0 amide bonds. The van der Waals surface area contributed by atoms with Crippen LogP contribution in [-0.2, 0) is 11.3 Å². The average molecular weight is 318 g/mol. The molecule has 1 fully saturated rings. The normalized spacial score (nSPS) is 20.5. The second-order valence-electron chi connectivity index (χ2n) is 6.41. The highest BCUT2D eigenvalue weighted by Gasteiger charge is 2.28. The van der Waals surface area contributed by atoms with E-state index in [1.54, 1.807) is 0 Å². The molecular formula is C21H22N2O. The number of rotatable bonds is 5. The van der Waals surface area contributed by atoms with Gasteiger partial charge in [-0.05, 0) is 35.7 Å². The molecule has 1 aromatic heterocycles. The van der Waals surface area contributed by atoms with Crippen molar-refractivity contribution in [3.8, 4) is 0 Å². The summed E-state index contributed by atoms with van der Waals surface area (Å²) in [4.78, 5) is 4.37. The van der Waals surface area contributed by atoms with Crippen molar-refractivity contribution in [1.82, 2.24) is 10.3 Å². The molecule has 0 saturated carbocycles. The molecule has 0 bridgehead atoms. The van der Waals surface area contributed by atoms with Gasteiger partial charge in [0.05, 0.1) is 11.6 Å². The highest BCUT2D eigenvalue weighted by Crippen LogP contribution is 2.33. The first-order chi connectivity index (χ1) is 11.9. The Balaban J connectivity index is 1.37. The molecule has 0 unspecified atom stereocenters. The van der Waals surface area contributed by atoms with Gasteiger partial charge in [0.25, 0.3) is 0 Å². The smallest absolute Gasteiger partial charge is 0.0866 e. The van der Waals surface area contributed by atoms with Crippen LogP contribution in [-0.4, -0.2) is 18.1 Å². The van der Waals surface area contributed by atoms with Crippen molar-refractivity contribution in [3.05, 3.63) is 78.0 Å². The lowest BCUT2D eigenvalue weighted by Crippen LogP contribution is -2.24. The van der Waals surface area contributed by atoms with Gasteiger partial charge in [-0.1, -0.05) is 42.5 Å².